The van der Waals surface area contributed by atoms with Crippen LogP contribution >= 0.6 is 0 Å². The number of hydrogen-bond acceptors (Lipinski definition) is 8. The van der Waals surface area contributed by atoms with Gasteiger partial charge in [0.1, 0.15) is 0 Å². The minimum atomic E-state index is 0.557. The fourth-order valence-electron chi connectivity index (χ4n) is 3.50. The second-order valence-corrected chi connectivity index (χ2v) is 7.31. The molecule has 0 radical (unpaired) electrons. The molecule has 0 saturated carbocycles. The van der Waals surface area contributed by atoms with Gasteiger partial charge in [-0.1, -0.05) is 12.1 Å². The van der Waals surface area contributed by atoms with E-state index in [1.807, 2.05) is 42.5 Å². The van der Waals surface area contributed by atoms with Gasteiger partial charge in [0, 0.05) is 54.3 Å². The molecule has 1 aliphatic heterocycles. The van der Waals surface area contributed by atoms with Gasteiger partial charge in [-0.2, -0.15) is 0 Å². The van der Waals surface area contributed by atoms with Crippen molar-refractivity contribution in [3.05, 3.63) is 79.3 Å². The van der Waals surface area contributed by atoms with Gasteiger partial charge in [0.25, 0.3) is 0 Å². The zero-order chi connectivity index (χ0) is 21.6. The highest BCUT2D eigenvalue weighted by Gasteiger charge is 2.11. The molecule has 3 heterocycles. The number of morpholine rings is 1. The number of rotatable bonds is 6. The lowest BCUT2D eigenvalue weighted by atomic mass is 10.1. The number of hydrogen-bond donors (Lipinski definition) is 2. The van der Waals surface area contributed by atoms with E-state index in [9.17, 15) is 0 Å². The lowest BCUT2D eigenvalue weighted by Gasteiger charge is -2.28. The van der Waals surface area contributed by atoms with Gasteiger partial charge in [-0.15, -0.1) is 0 Å². The predicted octanol–water partition coefficient (Wildman–Crippen LogP) is 4.26. The van der Waals surface area contributed by atoms with Crippen LogP contribution in [-0.2, 0) is 4.74 Å². The standard InChI is InChI=1S/C24H23N7O/c1-11-25-23(26-12-1)28-19-4-2-18(3-5-19)22-10-13-27-24(30-22)29-20-6-8-21(9-7-20)31-14-16-32-17-15-31/h1-13H,14-17H2,(H,25,26,28)(H,27,29,30). The van der Waals surface area contributed by atoms with Gasteiger partial charge in [-0.25, -0.2) is 19.9 Å². The first-order chi connectivity index (χ1) is 15.8. The van der Waals surface area contributed by atoms with E-state index in [0.29, 0.717) is 11.9 Å². The lowest BCUT2D eigenvalue weighted by molar-refractivity contribution is 0.122. The Kier molecular flexibility index (Phi) is 5.85. The van der Waals surface area contributed by atoms with Crippen molar-refractivity contribution in [2.24, 2.45) is 0 Å². The number of benzene rings is 2. The second kappa shape index (κ2) is 9.40. The van der Waals surface area contributed by atoms with Crippen molar-refractivity contribution in [1.82, 2.24) is 19.9 Å². The smallest absolute Gasteiger partial charge is 0.227 e. The third-order valence-corrected chi connectivity index (χ3v) is 5.16. The molecule has 4 aromatic rings. The largest absolute Gasteiger partial charge is 0.378 e. The van der Waals surface area contributed by atoms with Crippen molar-refractivity contribution in [3.63, 3.8) is 0 Å². The first kappa shape index (κ1) is 19.9. The maximum atomic E-state index is 5.43. The Labute approximate surface area is 186 Å². The molecule has 0 aliphatic carbocycles. The normalized spacial score (nSPS) is 13.6. The summed E-state index contributed by atoms with van der Waals surface area (Å²) >= 11 is 0. The van der Waals surface area contributed by atoms with Gasteiger partial charge in [0.15, 0.2) is 0 Å². The van der Waals surface area contributed by atoms with Crippen molar-refractivity contribution >= 4 is 29.0 Å². The average molecular weight is 425 g/mol. The highest BCUT2D eigenvalue weighted by atomic mass is 16.5. The van der Waals surface area contributed by atoms with Crippen LogP contribution in [0.3, 0.4) is 0 Å². The van der Waals surface area contributed by atoms with Crippen LogP contribution in [0.5, 0.6) is 0 Å². The molecule has 8 nitrogen and oxygen atoms in total. The Bertz CT molecular complexity index is 1150. The summed E-state index contributed by atoms with van der Waals surface area (Å²) in [5, 5.41) is 6.47. The average Bonchev–Trinajstić information content (AvgIpc) is 2.86. The Morgan fingerprint density at radius 3 is 2.03 bits per heavy atom. The maximum Gasteiger partial charge on any atom is 0.227 e. The Morgan fingerprint density at radius 2 is 1.31 bits per heavy atom. The number of aromatic nitrogens is 4. The molecule has 0 spiro atoms. The third kappa shape index (κ3) is 4.81. The number of nitrogens with one attached hydrogen (secondary N) is 2. The van der Waals surface area contributed by atoms with Crippen LogP contribution in [0.25, 0.3) is 11.3 Å². The van der Waals surface area contributed by atoms with Crippen LogP contribution < -0.4 is 15.5 Å². The molecule has 2 N–H and O–H groups in total. The highest BCUT2D eigenvalue weighted by molar-refractivity contribution is 5.66. The molecule has 2 aromatic heterocycles. The number of ether oxygens (including phenoxy) is 1. The van der Waals surface area contributed by atoms with Crippen LogP contribution in [0, 0.1) is 0 Å². The molecule has 5 rings (SSSR count). The Hall–Kier alpha value is -4.04. The Balaban J connectivity index is 1.26. The minimum absolute atomic E-state index is 0.557. The summed E-state index contributed by atoms with van der Waals surface area (Å²) in [6, 6.07) is 20.0. The fourth-order valence-corrected chi connectivity index (χ4v) is 3.50. The topological polar surface area (TPSA) is 88.1 Å². The molecule has 0 bridgehead atoms. The van der Waals surface area contributed by atoms with E-state index in [1.165, 1.54) is 5.69 Å². The van der Waals surface area contributed by atoms with E-state index in [0.717, 1.165) is 48.9 Å². The van der Waals surface area contributed by atoms with Crippen molar-refractivity contribution in [1.29, 1.82) is 0 Å². The summed E-state index contributed by atoms with van der Waals surface area (Å²) in [6.07, 6.45) is 5.17. The van der Waals surface area contributed by atoms with Crippen molar-refractivity contribution < 1.29 is 4.74 Å². The zero-order valence-electron chi connectivity index (χ0n) is 17.5. The van der Waals surface area contributed by atoms with Crippen LogP contribution in [0.2, 0.25) is 0 Å². The first-order valence-electron chi connectivity index (χ1n) is 10.5. The summed E-state index contributed by atoms with van der Waals surface area (Å²) in [5.74, 6) is 1.12. The van der Waals surface area contributed by atoms with E-state index in [2.05, 4.69) is 47.6 Å². The Morgan fingerprint density at radius 1 is 0.688 bits per heavy atom. The molecular weight excluding hydrogens is 402 g/mol. The maximum absolute atomic E-state index is 5.43. The summed E-state index contributed by atoms with van der Waals surface area (Å²) in [7, 11) is 0. The van der Waals surface area contributed by atoms with Gasteiger partial charge in [-0.3, -0.25) is 0 Å². The molecule has 0 amide bonds. The molecule has 8 heteroatoms. The van der Waals surface area contributed by atoms with Crippen LogP contribution in [0.1, 0.15) is 0 Å². The predicted molar refractivity (Wildman–Crippen MR) is 126 cm³/mol. The van der Waals surface area contributed by atoms with E-state index in [-0.39, 0.29) is 0 Å². The van der Waals surface area contributed by atoms with Crippen molar-refractivity contribution in [2.75, 3.05) is 41.8 Å². The molecular formula is C24H23N7O. The molecule has 1 saturated heterocycles. The third-order valence-electron chi connectivity index (χ3n) is 5.16. The van der Waals surface area contributed by atoms with Crippen molar-refractivity contribution in [2.45, 2.75) is 0 Å². The molecule has 1 fully saturated rings. The first-order valence-corrected chi connectivity index (χ1v) is 10.5. The minimum Gasteiger partial charge on any atom is -0.378 e. The zero-order valence-corrected chi connectivity index (χ0v) is 17.5. The highest BCUT2D eigenvalue weighted by Crippen LogP contribution is 2.24. The molecule has 0 atom stereocenters. The number of anilines is 5. The van der Waals surface area contributed by atoms with E-state index in [4.69, 9.17) is 4.74 Å². The molecule has 32 heavy (non-hydrogen) atoms. The fraction of sp³-hybridized carbons (Fsp3) is 0.167. The summed E-state index contributed by atoms with van der Waals surface area (Å²) in [5.41, 5.74) is 4.89. The van der Waals surface area contributed by atoms with E-state index >= 15 is 0 Å². The SMILES string of the molecule is c1cnc(Nc2ccc(-c3ccnc(Nc4ccc(N5CCOCC5)cc4)n3)cc2)nc1. The lowest BCUT2D eigenvalue weighted by Crippen LogP contribution is -2.36. The summed E-state index contributed by atoms with van der Waals surface area (Å²) in [4.78, 5) is 19.7. The molecule has 1 aliphatic rings. The molecule has 0 unspecified atom stereocenters. The summed E-state index contributed by atoms with van der Waals surface area (Å²) in [6.45, 7) is 3.39. The van der Waals surface area contributed by atoms with Gasteiger partial charge in [-0.05, 0) is 48.5 Å². The second-order valence-electron chi connectivity index (χ2n) is 7.31. The molecule has 160 valence electrons. The van der Waals surface area contributed by atoms with Crippen LogP contribution in [0.4, 0.5) is 29.0 Å². The molecule has 2 aromatic carbocycles. The quantitative estimate of drug-likeness (QED) is 0.474. The van der Waals surface area contributed by atoms with Gasteiger partial charge >= 0.3 is 0 Å². The van der Waals surface area contributed by atoms with E-state index < -0.39 is 0 Å². The van der Waals surface area contributed by atoms with Crippen molar-refractivity contribution in [3.8, 4) is 11.3 Å². The number of nitrogens with zero attached hydrogens (tertiary/aromatic N) is 5. The monoisotopic (exact) mass is 425 g/mol. The summed E-state index contributed by atoms with van der Waals surface area (Å²) < 4.78 is 5.43. The van der Waals surface area contributed by atoms with Crippen LogP contribution in [0.15, 0.2) is 79.3 Å². The van der Waals surface area contributed by atoms with Gasteiger partial charge in [0.05, 0.1) is 18.9 Å². The van der Waals surface area contributed by atoms with E-state index in [1.54, 1.807) is 24.7 Å². The van der Waals surface area contributed by atoms with Gasteiger partial charge < -0.3 is 20.3 Å². The van der Waals surface area contributed by atoms with Gasteiger partial charge in [0.2, 0.25) is 11.9 Å². The van der Waals surface area contributed by atoms with Crippen LogP contribution in [-0.4, -0.2) is 46.2 Å².